The average molecular weight is 373 g/mol. The molecule has 0 fully saturated rings. The summed E-state index contributed by atoms with van der Waals surface area (Å²) in [4.78, 5) is 43.4. The first-order chi connectivity index (χ1) is 12.2. The summed E-state index contributed by atoms with van der Waals surface area (Å²) < 4.78 is 5.19. The number of esters is 1. The van der Waals surface area contributed by atoms with Crippen LogP contribution in [0.5, 0.6) is 0 Å². The molecule has 1 aliphatic heterocycles. The smallest absolute Gasteiger partial charge is 0.350 e. The summed E-state index contributed by atoms with van der Waals surface area (Å²) in [5, 5.41) is 3.54. The third-order valence-corrected chi connectivity index (χ3v) is 5.23. The molecule has 0 atom stereocenters. The number of rotatable bonds is 3. The van der Waals surface area contributed by atoms with Crippen molar-refractivity contribution in [1.29, 1.82) is 0 Å². The topological polar surface area (TPSA) is 88.6 Å². The van der Waals surface area contributed by atoms with Gasteiger partial charge in [0.15, 0.2) is 6.61 Å². The molecule has 2 amide bonds. The molecule has 0 radical (unpaired) electrons. The van der Waals surface area contributed by atoms with Gasteiger partial charge in [0, 0.05) is 0 Å². The summed E-state index contributed by atoms with van der Waals surface area (Å²) in [5.41, 5.74) is 0.593. The molecule has 8 heteroatoms. The van der Waals surface area contributed by atoms with Crippen molar-refractivity contribution in [3.8, 4) is 0 Å². The summed E-state index contributed by atoms with van der Waals surface area (Å²) in [6, 6.07) is 7.02. The Kier molecular flexibility index (Phi) is 4.53. The molecule has 1 aromatic heterocycles. The van der Waals surface area contributed by atoms with Crippen LogP contribution in [0.25, 0.3) is 0 Å². The van der Waals surface area contributed by atoms with E-state index in [-0.39, 0.29) is 5.91 Å². The quantitative estimate of drug-likeness (QED) is 0.836. The van der Waals surface area contributed by atoms with E-state index in [1.165, 1.54) is 16.2 Å². The van der Waals surface area contributed by atoms with Gasteiger partial charge >= 0.3 is 5.97 Å². The number of amides is 2. The number of nitrogens with zero attached hydrogens (tertiary/aromatic N) is 2. The van der Waals surface area contributed by atoms with Gasteiger partial charge in [-0.05, 0) is 39.8 Å². The monoisotopic (exact) mass is 373 g/mol. The molecule has 3 rings (SSSR count). The average Bonchev–Trinajstić information content (AvgIpc) is 2.92. The Morgan fingerprint density at radius 3 is 2.62 bits per heavy atom. The van der Waals surface area contributed by atoms with Crippen molar-refractivity contribution in [2.75, 3.05) is 16.8 Å². The van der Waals surface area contributed by atoms with Crippen molar-refractivity contribution in [1.82, 2.24) is 4.98 Å². The number of hydrogen-bond donors (Lipinski definition) is 1. The van der Waals surface area contributed by atoms with Crippen molar-refractivity contribution >= 4 is 40.5 Å². The molecule has 136 valence electrons. The standard InChI is InChI=1S/C18H19N3O4S/c1-10-15(26-11(2)19-10)16(23)25-9-14(22)21-13-8-6-5-7-12(13)20-17(24)18(21,3)4/h5-8H,9H2,1-4H3,(H,20,24). The molecule has 26 heavy (non-hydrogen) atoms. The van der Waals surface area contributed by atoms with E-state index >= 15 is 0 Å². The zero-order valence-corrected chi connectivity index (χ0v) is 15.8. The number of fused-ring (bicyclic) bond motifs is 1. The van der Waals surface area contributed by atoms with Gasteiger partial charge in [0.2, 0.25) is 5.91 Å². The first kappa shape index (κ1) is 18.1. The van der Waals surface area contributed by atoms with E-state index < -0.39 is 24.0 Å². The van der Waals surface area contributed by atoms with Gasteiger partial charge in [-0.3, -0.25) is 14.5 Å². The van der Waals surface area contributed by atoms with Crippen molar-refractivity contribution in [3.63, 3.8) is 0 Å². The molecule has 0 unspecified atom stereocenters. The molecule has 7 nitrogen and oxygen atoms in total. The summed E-state index contributed by atoms with van der Waals surface area (Å²) in [5.74, 6) is -1.36. The van der Waals surface area contributed by atoms with Crippen LogP contribution in [-0.4, -0.2) is 34.9 Å². The molecular formula is C18H19N3O4S. The van der Waals surface area contributed by atoms with Gasteiger partial charge < -0.3 is 10.1 Å². The van der Waals surface area contributed by atoms with E-state index in [0.29, 0.717) is 21.9 Å². The summed E-state index contributed by atoms with van der Waals surface area (Å²) in [7, 11) is 0. The van der Waals surface area contributed by atoms with E-state index in [4.69, 9.17) is 4.74 Å². The van der Waals surface area contributed by atoms with E-state index in [0.717, 1.165) is 5.01 Å². The largest absolute Gasteiger partial charge is 0.451 e. The van der Waals surface area contributed by atoms with Gasteiger partial charge in [0.25, 0.3) is 5.91 Å². The number of aromatic nitrogens is 1. The van der Waals surface area contributed by atoms with Crippen LogP contribution in [-0.2, 0) is 14.3 Å². The van der Waals surface area contributed by atoms with Crippen LogP contribution in [0.2, 0.25) is 0 Å². The molecule has 0 spiro atoms. The van der Waals surface area contributed by atoms with Crippen LogP contribution in [0, 0.1) is 13.8 Å². The van der Waals surface area contributed by atoms with Gasteiger partial charge in [-0.15, -0.1) is 11.3 Å². The van der Waals surface area contributed by atoms with E-state index in [1.54, 1.807) is 52.0 Å². The number of carbonyl (C=O) groups excluding carboxylic acids is 3. The van der Waals surface area contributed by atoms with Crippen LogP contribution in [0.3, 0.4) is 0 Å². The molecule has 0 saturated heterocycles. The summed E-state index contributed by atoms with van der Waals surface area (Å²) in [6.45, 7) is 6.35. The second-order valence-electron chi connectivity index (χ2n) is 6.48. The third kappa shape index (κ3) is 3.08. The Morgan fingerprint density at radius 1 is 1.27 bits per heavy atom. The molecule has 2 heterocycles. The van der Waals surface area contributed by atoms with E-state index in [1.807, 2.05) is 0 Å². The molecule has 1 aromatic carbocycles. The number of para-hydroxylation sites is 2. The minimum Gasteiger partial charge on any atom is -0.451 e. The summed E-state index contributed by atoms with van der Waals surface area (Å²) in [6.07, 6.45) is 0. The Balaban J connectivity index is 1.81. The normalized spacial score (nSPS) is 15.2. The zero-order chi connectivity index (χ0) is 19.1. The Hall–Kier alpha value is -2.74. The fraction of sp³-hybridized carbons (Fsp3) is 0.333. The van der Waals surface area contributed by atoms with Crippen molar-refractivity contribution < 1.29 is 19.1 Å². The lowest BCUT2D eigenvalue weighted by Gasteiger charge is -2.41. The van der Waals surface area contributed by atoms with E-state index in [2.05, 4.69) is 10.3 Å². The minimum absolute atomic E-state index is 0.301. The number of hydrogen-bond acceptors (Lipinski definition) is 6. The number of aryl methyl sites for hydroxylation is 2. The molecule has 0 aliphatic carbocycles. The first-order valence-corrected chi connectivity index (χ1v) is 8.88. The second-order valence-corrected chi connectivity index (χ2v) is 7.69. The van der Waals surface area contributed by atoms with Crippen LogP contribution in [0.4, 0.5) is 11.4 Å². The second kappa shape index (κ2) is 6.53. The highest BCUT2D eigenvalue weighted by Crippen LogP contribution is 2.36. The fourth-order valence-corrected chi connectivity index (χ4v) is 3.69. The highest BCUT2D eigenvalue weighted by molar-refractivity contribution is 7.13. The molecule has 0 saturated carbocycles. The number of benzene rings is 1. The van der Waals surface area contributed by atoms with Gasteiger partial charge in [0.1, 0.15) is 10.4 Å². The van der Waals surface area contributed by atoms with Crippen LogP contribution < -0.4 is 10.2 Å². The zero-order valence-electron chi connectivity index (χ0n) is 15.0. The number of thiazole rings is 1. The van der Waals surface area contributed by atoms with Crippen molar-refractivity contribution in [3.05, 3.63) is 39.8 Å². The summed E-state index contributed by atoms with van der Waals surface area (Å²) >= 11 is 1.22. The molecule has 1 N–H and O–H groups in total. The number of carbonyl (C=O) groups is 3. The predicted octanol–water partition coefficient (Wildman–Crippen LogP) is 2.68. The first-order valence-electron chi connectivity index (χ1n) is 8.06. The Morgan fingerprint density at radius 2 is 1.96 bits per heavy atom. The molecule has 2 aromatic rings. The number of nitrogens with one attached hydrogen (secondary N) is 1. The third-order valence-electron chi connectivity index (χ3n) is 4.17. The maximum absolute atomic E-state index is 12.8. The SMILES string of the molecule is Cc1nc(C)c(C(=O)OCC(=O)N2c3ccccc3NC(=O)C2(C)C)s1. The highest BCUT2D eigenvalue weighted by atomic mass is 32.1. The number of anilines is 2. The maximum atomic E-state index is 12.8. The predicted molar refractivity (Wildman–Crippen MR) is 98.5 cm³/mol. The molecular weight excluding hydrogens is 354 g/mol. The lowest BCUT2D eigenvalue weighted by molar-refractivity contribution is -0.128. The lowest BCUT2D eigenvalue weighted by Crippen LogP contribution is -2.59. The fourth-order valence-electron chi connectivity index (χ4n) is 2.88. The lowest BCUT2D eigenvalue weighted by atomic mass is 9.96. The van der Waals surface area contributed by atoms with Crippen molar-refractivity contribution in [2.24, 2.45) is 0 Å². The van der Waals surface area contributed by atoms with Gasteiger partial charge in [-0.25, -0.2) is 9.78 Å². The Bertz CT molecular complexity index is 904. The van der Waals surface area contributed by atoms with Crippen LogP contribution >= 0.6 is 11.3 Å². The van der Waals surface area contributed by atoms with Gasteiger partial charge in [-0.2, -0.15) is 0 Å². The Labute approximate surface area is 155 Å². The van der Waals surface area contributed by atoms with Crippen LogP contribution in [0.1, 0.15) is 34.2 Å². The molecule has 1 aliphatic rings. The highest BCUT2D eigenvalue weighted by Gasteiger charge is 2.43. The number of ether oxygens (including phenoxy) is 1. The van der Waals surface area contributed by atoms with Crippen LogP contribution in [0.15, 0.2) is 24.3 Å². The van der Waals surface area contributed by atoms with Crippen molar-refractivity contribution in [2.45, 2.75) is 33.2 Å². The van der Waals surface area contributed by atoms with E-state index in [9.17, 15) is 14.4 Å². The minimum atomic E-state index is -1.10. The maximum Gasteiger partial charge on any atom is 0.350 e. The molecule has 0 bridgehead atoms. The van der Waals surface area contributed by atoms with Gasteiger partial charge in [0.05, 0.1) is 22.1 Å². The van der Waals surface area contributed by atoms with Gasteiger partial charge in [-0.1, -0.05) is 12.1 Å².